The van der Waals surface area contributed by atoms with Crippen molar-refractivity contribution in [2.45, 2.75) is 20.3 Å². The molecule has 0 aliphatic carbocycles. The van der Waals surface area contributed by atoms with Crippen LogP contribution in [0.5, 0.6) is 0 Å². The van der Waals surface area contributed by atoms with Gasteiger partial charge in [0.15, 0.2) is 5.78 Å². The van der Waals surface area contributed by atoms with Crippen molar-refractivity contribution in [2.75, 3.05) is 5.32 Å². The van der Waals surface area contributed by atoms with Crippen molar-refractivity contribution in [3.05, 3.63) is 51.7 Å². The summed E-state index contributed by atoms with van der Waals surface area (Å²) in [5.74, 6) is -0.418. The normalized spacial score (nSPS) is 10.0. The zero-order valence-electron chi connectivity index (χ0n) is 12.8. The van der Waals surface area contributed by atoms with Gasteiger partial charge in [-0.3, -0.25) is 15.0 Å². The van der Waals surface area contributed by atoms with Gasteiger partial charge >= 0.3 is 6.03 Å². The Kier molecular flexibility index (Phi) is 5.48. The van der Waals surface area contributed by atoms with Gasteiger partial charge < -0.3 is 5.32 Å². The van der Waals surface area contributed by atoms with E-state index in [1.165, 1.54) is 18.3 Å². The van der Waals surface area contributed by atoms with Gasteiger partial charge in [0.1, 0.15) is 0 Å². The van der Waals surface area contributed by atoms with Crippen LogP contribution >= 0.6 is 11.3 Å². The fourth-order valence-corrected chi connectivity index (χ4v) is 2.64. The van der Waals surface area contributed by atoms with Crippen LogP contribution in [-0.2, 0) is 6.42 Å². The van der Waals surface area contributed by atoms with E-state index in [1.54, 1.807) is 35.7 Å². The quantitative estimate of drug-likeness (QED) is 0.594. The molecule has 0 radical (unpaired) electrons. The van der Waals surface area contributed by atoms with Gasteiger partial charge in [-0.15, -0.1) is 11.3 Å². The highest BCUT2D eigenvalue weighted by atomic mass is 32.1. The van der Waals surface area contributed by atoms with Gasteiger partial charge in [0.2, 0.25) is 0 Å². The average molecular weight is 331 g/mol. The minimum absolute atomic E-state index is 0.0459. The second-order valence-electron chi connectivity index (χ2n) is 4.82. The number of aryl methyl sites for hydroxylation is 1. The molecule has 0 aliphatic rings. The Morgan fingerprint density at radius 1 is 1.04 bits per heavy atom. The summed E-state index contributed by atoms with van der Waals surface area (Å²) in [6.07, 6.45) is 0.863. The number of benzene rings is 1. The Bertz CT molecular complexity index is 722. The van der Waals surface area contributed by atoms with Crippen LogP contribution in [0.25, 0.3) is 0 Å². The first-order valence-electron chi connectivity index (χ1n) is 7.05. The SMILES string of the molecule is CCc1cc(C(=O)NNC(=O)Nc2ccc(C(C)=O)cc2)cs1. The van der Waals surface area contributed by atoms with E-state index in [9.17, 15) is 14.4 Å². The Morgan fingerprint density at radius 3 is 2.30 bits per heavy atom. The number of carbonyl (C=O) groups excluding carboxylic acids is 3. The predicted octanol–water partition coefficient (Wildman–Crippen LogP) is 2.98. The number of Topliss-reactive ketones (excluding diaryl/α,β-unsaturated/α-hetero) is 1. The number of amides is 3. The molecule has 0 saturated carbocycles. The summed E-state index contributed by atoms with van der Waals surface area (Å²) in [7, 11) is 0. The van der Waals surface area contributed by atoms with E-state index >= 15 is 0 Å². The molecule has 0 aliphatic heterocycles. The first-order chi connectivity index (χ1) is 11.0. The predicted molar refractivity (Wildman–Crippen MR) is 89.8 cm³/mol. The molecule has 0 spiro atoms. The lowest BCUT2D eigenvalue weighted by atomic mass is 10.1. The minimum atomic E-state index is -0.570. The van der Waals surface area contributed by atoms with Crippen molar-refractivity contribution < 1.29 is 14.4 Å². The van der Waals surface area contributed by atoms with E-state index in [1.807, 2.05) is 6.92 Å². The van der Waals surface area contributed by atoms with Gasteiger partial charge in [-0.05, 0) is 43.7 Å². The maximum Gasteiger partial charge on any atom is 0.337 e. The number of carbonyl (C=O) groups is 3. The Labute approximate surface area is 137 Å². The Balaban J connectivity index is 1.84. The number of thiophene rings is 1. The summed E-state index contributed by atoms with van der Waals surface area (Å²) in [6, 6.07) is 7.69. The van der Waals surface area contributed by atoms with Gasteiger partial charge in [0, 0.05) is 21.5 Å². The highest BCUT2D eigenvalue weighted by Gasteiger charge is 2.09. The molecule has 120 valence electrons. The van der Waals surface area contributed by atoms with Gasteiger partial charge in [0.25, 0.3) is 5.91 Å². The molecule has 1 aromatic carbocycles. The third-order valence-electron chi connectivity index (χ3n) is 3.10. The first-order valence-corrected chi connectivity index (χ1v) is 7.93. The van der Waals surface area contributed by atoms with Crippen molar-refractivity contribution in [3.63, 3.8) is 0 Å². The molecule has 0 saturated heterocycles. The number of rotatable bonds is 4. The summed E-state index contributed by atoms with van der Waals surface area (Å²) in [6.45, 7) is 3.48. The molecule has 23 heavy (non-hydrogen) atoms. The van der Waals surface area contributed by atoms with Gasteiger partial charge in [-0.25, -0.2) is 10.2 Å². The van der Waals surface area contributed by atoms with Crippen LogP contribution < -0.4 is 16.2 Å². The molecule has 7 heteroatoms. The van der Waals surface area contributed by atoms with Crippen molar-refractivity contribution in [3.8, 4) is 0 Å². The van der Waals surface area contributed by atoms with E-state index in [0.717, 1.165) is 11.3 Å². The smallest absolute Gasteiger partial charge is 0.307 e. The summed E-state index contributed by atoms with van der Waals surface area (Å²) in [4.78, 5) is 35.9. The lowest BCUT2D eigenvalue weighted by molar-refractivity contribution is 0.0937. The zero-order valence-corrected chi connectivity index (χ0v) is 13.6. The number of nitrogens with one attached hydrogen (secondary N) is 3. The second-order valence-corrected chi connectivity index (χ2v) is 5.82. The van der Waals surface area contributed by atoms with Crippen molar-refractivity contribution in [1.82, 2.24) is 10.9 Å². The van der Waals surface area contributed by atoms with E-state index < -0.39 is 6.03 Å². The lowest BCUT2D eigenvalue weighted by Crippen LogP contribution is -2.43. The van der Waals surface area contributed by atoms with Gasteiger partial charge in [-0.2, -0.15) is 0 Å². The highest BCUT2D eigenvalue weighted by Crippen LogP contribution is 2.14. The molecule has 0 bridgehead atoms. The summed E-state index contributed by atoms with van der Waals surface area (Å²) in [5, 5.41) is 4.30. The molecular weight excluding hydrogens is 314 g/mol. The molecule has 2 aromatic rings. The molecule has 3 N–H and O–H groups in total. The van der Waals surface area contributed by atoms with E-state index in [0.29, 0.717) is 16.8 Å². The van der Waals surface area contributed by atoms with Crippen LogP contribution in [-0.4, -0.2) is 17.7 Å². The summed E-state index contributed by atoms with van der Waals surface area (Å²) < 4.78 is 0. The van der Waals surface area contributed by atoms with Crippen LogP contribution in [0.2, 0.25) is 0 Å². The number of hydrogen-bond donors (Lipinski definition) is 3. The molecule has 6 nitrogen and oxygen atoms in total. The van der Waals surface area contributed by atoms with Gasteiger partial charge in [0.05, 0.1) is 5.56 Å². The number of ketones is 1. The van der Waals surface area contributed by atoms with Crippen LogP contribution in [0.3, 0.4) is 0 Å². The topological polar surface area (TPSA) is 87.3 Å². The Morgan fingerprint density at radius 2 is 1.74 bits per heavy atom. The average Bonchev–Trinajstić information content (AvgIpc) is 3.02. The fraction of sp³-hybridized carbons (Fsp3) is 0.188. The van der Waals surface area contributed by atoms with E-state index in [-0.39, 0.29) is 11.7 Å². The molecular formula is C16H17N3O3S. The van der Waals surface area contributed by atoms with Crippen LogP contribution in [0.1, 0.15) is 39.4 Å². The van der Waals surface area contributed by atoms with Gasteiger partial charge in [-0.1, -0.05) is 6.92 Å². The third kappa shape index (κ3) is 4.65. The number of urea groups is 1. The van der Waals surface area contributed by atoms with Crippen LogP contribution in [0, 0.1) is 0 Å². The van der Waals surface area contributed by atoms with Crippen molar-refractivity contribution in [2.24, 2.45) is 0 Å². The van der Waals surface area contributed by atoms with Crippen LogP contribution in [0.4, 0.5) is 10.5 Å². The van der Waals surface area contributed by atoms with E-state index in [2.05, 4.69) is 16.2 Å². The molecule has 0 atom stereocenters. The molecule has 1 heterocycles. The molecule has 3 amide bonds. The monoisotopic (exact) mass is 331 g/mol. The molecule has 0 fully saturated rings. The summed E-state index contributed by atoms with van der Waals surface area (Å²) >= 11 is 1.50. The molecule has 2 rings (SSSR count). The van der Waals surface area contributed by atoms with E-state index in [4.69, 9.17) is 0 Å². The summed E-state index contributed by atoms with van der Waals surface area (Å²) in [5.41, 5.74) is 6.21. The van der Waals surface area contributed by atoms with Crippen molar-refractivity contribution >= 4 is 34.7 Å². The number of hydrogen-bond acceptors (Lipinski definition) is 4. The largest absolute Gasteiger partial charge is 0.337 e. The lowest BCUT2D eigenvalue weighted by Gasteiger charge is -2.08. The maximum absolute atomic E-state index is 11.9. The molecule has 0 unspecified atom stereocenters. The first kappa shape index (κ1) is 16.7. The maximum atomic E-state index is 11.9. The Hall–Kier alpha value is -2.67. The highest BCUT2D eigenvalue weighted by molar-refractivity contribution is 7.10. The van der Waals surface area contributed by atoms with Crippen LogP contribution in [0.15, 0.2) is 35.7 Å². The second kappa shape index (κ2) is 7.55. The van der Waals surface area contributed by atoms with Crippen molar-refractivity contribution in [1.29, 1.82) is 0 Å². The number of hydrazine groups is 1. The number of anilines is 1. The zero-order chi connectivity index (χ0) is 16.8. The minimum Gasteiger partial charge on any atom is -0.307 e. The molecule has 1 aromatic heterocycles. The standard InChI is InChI=1S/C16H17N3O3S/c1-3-14-8-12(9-23-14)15(21)18-19-16(22)17-13-6-4-11(5-7-13)10(2)20/h4-9H,3H2,1-2H3,(H,18,21)(H2,17,19,22). The third-order valence-corrected chi connectivity index (χ3v) is 4.18. The fourth-order valence-electron chi connectivity index (χ4n) is 1.82.